The van der Waals surface area contributed by atoms with E-state index in [0.717, 1.165) is 24.0 Å². The number of thioether (sulfide) groups is 1. The molecule has 5 rings (SSSR count). The molecule has 1 saturated heterocycles. The van der Waals surface area contributed by atoms with E-state index in [1.165, 1.54) is 33.9 Å². The number of carbonyl (C=O) groups is 1. The summed E-state index contributed by atoms with van der Waals surface area (Å²) in [5, 5.41) is 13.5. The fourth-order valence-electron chi connectivity index (χ4n) is 3.71. The molecule has 0 amide bonds. The second kappa shape index (κ2) is 9.85. The fraction of sp³-hybridized carbons (Fsp3) is 0.0800. The van der Waals surface area contributed by atoms with Gasteiger partial charge in [0, 0.05) is 11.6 Å². The molecule has 0 spiro atoms. The van der Waals surface area contributed by atoms with Crippen LogP contribution in [-0.4, -0.2) is 15.8 Å². The van der Waals surface area contributed by atoms with Crippen molar-refractivity contribution in [3.63, 3.8) is 0 Å². The van der Waals surface area contributed by atoms with Crippen LogP contribution in [0.5, 0.6) is 5.75 Å². The lowest BCUT2D eigenvalue weighted by atomic mass is 10.0. The van der Waals surface area contributed by atoms with Crippen molar-refractivity contribution >= 4 is 96.0 Å². The van der Waals surface area contributed by atoms with Gasteiger partial charge in [0.15, 0.2) is 5.78 Å². The molecule has 1 aliphatic rings. The number of carbonyl (C=O) groups excluding carboxylic acids is 1. The van der Waals surface area contributed by atoms with E-state index in [-0.39, 0.29) is 5.78 Å². The van der Waals surface area contributed by atoms with Crippen molar-refractivity contribution in [2.24, 2.45) is 0 Å². The van der Waals surface area contributed by atoms with Crippen LogP contribution in [0.4, 0.5) is 0 Å². The number of ketones is 1. The Balaban J connectivity index is 1.38. The van der Waals surface area contributed by atoms with Crippen LogP contribution in [0.1, 0.15) is 22.1 Å². The standard InChI is InChI=1S/C25H16I2N2O2S2/c26-18-10-14(12-20-22(30)21(24(28)33-20)25-29-8-9-32-25)11-19(27)23(18)31-13-16-6-3-5-15-4-1-2-7-17(15)16/h1-12,21,28H,13H2/b20-12-,28-24?/t21-/m0/s1. The molecule has 0 radical (unpaired) electrons. The second-order valence-corrected chi connectivity index (χ2v) is 11.7. The molecule has 0 aliphatic carbocycles. The zero-order chi connectivity index (χ0) is 22.9. The van der Waals surface area contributed by atoms with Crippen LogP contribution in [0.2, 0.25) is 0 Å². The zero-order valence-corrected chi connectivity index (χ0v) is 23.0. The molecule has 0 unspecified atom stereocenters. The number of aromatic nitrogens is 1. The van der Waals surface area contributed by atoms with Gasteiger partial charge < -0.3 is 4.74 Å². The number of hydrogen-bond donors (Lipinski definition) is 1. The normalized spacial score (nSPS) is 17.3. The highest BCUT2D eigenvalue weighted by atomic mass is 127. The predicted molar refractivity (Wildman–Crippen MR) is 153 cm³/mol. The van der Waals surface area contributed by atoms with Crippen LogP contribution in [-0.2, 0) is 11.4 Å². The van der Waals surface area contributed by atoms with Crippen molar-refractivity contribution in [2.45, 2.75) is 12.5 Å². The maximum absolute atomic E-state index is 12.9. The van der Waals surface area contributed by atoms with E-state index >= 15 is 0 Å². The lowest BCUT2D eigenvalue weighted by molar-refractivity contribution is -0.114. The maximum Gasteiger partial charge on any atom is 0.186 e. The number of nitrogens with zero attached hydrogens (tertiary/aromatic N) is 1. The average molecular weight is 694 g/mol. The average Bonchev–Trinajstić information content (AvgIpc) is 3.41. The summed E-state index contributed by atoms with van der Waals surface area (Å²) in [6.07, 6.45) is 3.54. The largest absolute Gasteiger partial charge is 0.487 e. The van der Waals surface area contributed by atoms with Gasteiger partial charge in [-0.1, -0.05) is 54.2 Å². The minimum atomic E-state index is -0.567. The molecule has 1 aliphatic heterocycles. The molecule has 0 bridgehead atoms. The van der Waals surface area contributed by atoms with E-state index in [1.54, 1.807) is 6.20 Å². The van der Waals surface area contributed by atoms with Crippen LogP contribution < -0.4 is 4.74 Å². The molecule has 3 aromatic carbocycles. The molecule has 2 heterocycles. The summed E-state index contributed by atoms with van der Waals surface area (Å²) in [5.41, 5.74) is 2.07. The Morgan fingerprint density at radius 1 is 1.09 bits per heavy atom. The molecule has 1 aromatic heterocycles. The van der Waals surface area contributed by atoms with Gasteiger partial charge in [-0.05, 0) is 85.3 Å². The maximum atomic E-state index is 12.9. The van der Waals surface area contributed by atoms with E-state index in [2.05, 4.69) is 80.5 Å². The van der Waals surface area contributed by atoms with Gasteiger partial charge in [-0.3, -0.25) is 10.2 Å². The predicted octanol–water partition coefficient (Wildman–Crippen LogP) is 7.50. The Morgan fingerprint density at radius 3 is 2.61 bits per heavy atom. The van der Waals surface area contributed by atoms with Crippen molar-refractivity contribution in [3.05, 3.63) is 94.4 Å². The Hall–Kier alpha value is -1.76. The van der Waals surface area contributed by atoms with E-state index in [9.17, 15) is 4.79 Å². The summed E-state index contributed by atoms with van der Waals surface area (Å²) in [4.78, 5) is 17.8. The first-order valence-electron chi connectivity index (χ1n) is 10.0. The SMILES string of the molecule is N=C1S/C(=C\c2cc(I)c(OCc3cccc4ccccc34)c(I)c2)C(=O)[C@@H]1c1nccs1. The number of allylic oxidation sites excluding steroid dienone is 1. The van der Waals surface area contributed by atoms with Gasteiger partial charge in [0.25, 0.3) is 0 Å². The molecular formula is C25H16I2N2O2S2. The van der Waals surface area contributed by atoms with Gasteiger partial charge in [-0.25, -0.2) is 4.98 Å². The van der Waals surface area contributed by atoms with Crippen LogP contribution >= 0.6 is 68.3 Å². The molecule has 8 heteroatoms. The highest BCUT2D eigenvalue weighted by Gasteiger charge is 2.38. The first-order valence-corrected chi connectivity index (χ1v) is 13.9. The number of ether oxygens (including phenoxy) is 1. The molecule has 4 nitrogen and oxygen atoms in total. The molecule has 33 heavy (non-hydrogen) atoms. The fourth-order valence-corrected chi connectivity index (χ4v) is 7.64. The third-order valence-electron chi connectivity index (χ3n) is 5.26. The molecule has 1 atom stereocenters. The van der Waals surface area contributed by atoms with Crippen molar-refractivity contribution in [1.29, 1.82) is 5.41 Å². The first-order chi connectivity index (χ1) is 16.0. The Bertz CT molecular complexity index is 1390. The van der Waals surface area contributed by atoms with Gasteiger partial charge >= 0.3 is 0 Å². The summed E-state index contributed by atoms with van der Waals surface area (Å²) in [7, 11) is 0. The highest BCUT2D eigenvalue weighted by molar-refractivity contribution is 14.1. The lowest BCUT2D eigenvalue weighted by Gasteiger charge is -2.13. The number of thiazole rings is 1. The molecule has 1 N–H and O–H groups in total. The van der Waals surface area contributed by atoms with Crippen LogP contribution in [0.15, 0.2) is 71.1 Å². The zero-order valence-electron chi connectivity index (χ0n) is 17.0. The number of rotatable bonds is 5. The summed E-state index contributed by atoms with van der Waals surface area (Å²) in [5.74, 6) is 0.217. The monoisotopic (exact) mass is 694 g/mol. The smallest absolute Gasteiger partial charge is 0.186 e. The summed E-state index contributed by atoms with van der Waals surface area (Å²) < 4.78 is 8.20. The molecule has 1 fully saturated rings. The molecular weight excluding hydrogens is 678 g/mol. The van der Waals surface area contributed by atoms with Crippen molar-refractivity contribution in [3.8, 4) is 5.75 Å². The number of nitrogens with one attached hydrogen (secondary N) is 1. The van der Waals surface area contributed by atoms with Gasteiger partial charge in [-0.2, -0.15) is 0 Å². The number of fused-ring (bicyclic) bond motifs is 1. The minimum absolute atomic E-state index is 0.0544. The topological polar surface area (TPSA) is 63.0 Å². The van der Waals surface area contributed by atoms with Gasteiger partial charge in [0.1, 0.15) is 23.3 Å². The second-order valence-electron chi connectivity index (χ2n) is 7.38. The van der Waals surface area contributed by atoms with E-state index < -0.39 is 5.92 Å². The van der Waals surface area contributed by atoms with E-state index in [1.807, 2.05) is 35.7 Å². The highest BCUT2D eigenvalue weighted by Crippen LogP contribution is 2.41. The van der Waals surface area contributed by atoms with E-state index in [4.69, 9.17) is 10.1 Å². The third kappa shape index (κ3) is 4.75. The molecule has 164 valence electrons. The Kier molecular flexibility index (Phi) is 6.86. The van der Waals surface area contributed by atoms with Gasteiger partial charge in [0.05, 0.1) is 17.1 Å². The first kappa shape index (κ1) is 23.0. The number of Topliss-reactive ketones (excluding diaryl/α,β-unsaturated/α-hetero) is 1. The van der Waals surface area contributed by atoms with Crippen molar-refractivity contribution < 1.29 is 9.53 Å². The minimum Gasteiger partial charge on any atom is -0.487 e. The number of hydrogen-bond acceptors (Lipinski definition) is 6. The Morgan fingerprint density at radius 2 is 1.85 bits per heavy atom. The summed E-state index contributed by atoms with van der Waals surface area (Å²) in [6, 6.07) is 18.6. The molecule has 4 aromatic rings. The van der Waals surface area contributed by atoms with Crippen molar-refractivity contribution in [2.75, 3.05) is 0 Å². The third-order valence-corrected chi connectivity index (χ3v) is 8.69. The van der Waals surface area contributed by atoms with Gasteiger partial charge in [-0.15, -0.1) is 11.3 Å². The summed E-state index contributed by atoms with van der Waals surface area (Å²) in [6.45, 7) is 0.481. The number of halogens is 2. The Labute approximate surface area is 226 Å². The van der Waals surface area contributed by atoms with Crippen molar-refractivity contribution in [1.82, 2.24) is 4.98 Å². The lowest BCUT2D eigenvalue weighted by Crippen LogP contribution is -2.11. The molecule has 0 saturated carbocycles. The van der Waals surface area contributed by atoms with Gasteiger partial charge in [0.2, 0.25) is 0 Å². The van der Waals surface area contributed by atoms with Crippen LogP contribution in [0.25, 0.3) is 16.8 Å². The quantitative estimate of drug-likeness (QED) is 0.174. The number of benzene rings is 3. The van der Waals surface area contributed by atoms with Crippen LogP contribution in [0, 0.1) is 12.5 Å². The summed E-state index contributed by atoms with van der Waals surface area (Å²) >= 11 is 7.20. The van der Waals surface area contributed by atoms with E-state index in [0.29, 0.717) is 21.6 Å². The van der Waals surface area contributed by atoms with Crippen LogP contribution in [0.3, 0.4) is 0 Å².